The van der Waals surface area contributed by atoms with Gasteiger partial charge >= 0.3 is 5.97 Å². The Morgan fingerprint density at radius 1 is 1.53 bits per heavy atom. The second-order valence-corrected chi connectivity index (χ2v) is 2.99. The quantitative estimate of drug-likeness (QED) is 0.816. The van der Waals surface area contributed by atoms with Gasteiger partial charge in [0.15, 0.2) is 0 Å². The molecule has 2 rings (SSSR count). The maximum atomic E-state index is 13.4. The third kappa shape index (κ3) is 1.32. The van der Waals surface area contributed by atoms with Crippen LogP contribution in [0.15, 0.2) is 24.4 Å². The molecular formula is C10H8FNO3. The Morgan fingerprint density at radius 3 is 2.87 bits per heavy atom. The third-order valence-corrected chi connectivity index (χ3v) is 2.17. The first-order valence-electron chi connectivity index (χ1n) is 4.22. The van der Waals surface area contributed by atoms with Crippen LogP contribution in [-0.2, 0) is 0 Å². The van der Waals surface area contributed by atoms with Gasteiger partial charge in [-0.25, -0.2) is 9.18 Å². The molecule has 0 fully saturated rings. The molecule has 78 valence electrons. The summed E-state index contributed by atoms with van der Waals surface area (Å²) in [4.78, 5) is 15.8. The first-order valence-corrected chi connectivity index (χ1v) is 4.22. The maximum Gasteiger partial charge on any atom is 0.338 e. The average molecular weight is 209 g/mol. The van der Waals surface area contributed by atoms with Crippen LogP contribution < -0.4 is 4.84 Å². The van der Waals surface area contributed by atoms with Crippen molar-refractivity contribution in [1.29, 1.82) is 0 Å². The zero-order valence-electron chi connectivity index (χ0n) is 7.90. The van der Waals surface area contributed by atoms with Gasteiger partial charge in [-0.2, -0.15) is 4.73 Å². The van der Waals surface area contributed by atoms with Crippen LogP contribution in [0.3, 0.4) is 0 Å². The molecule has 0 aliphatic heterocycles. The Morgan fingerprint density at radius 2 is 2.27 bits per heavy atom. The van der Waals surface area contributed by atoms with E-state index >= 15 is 0 Å². The fourth-order valence-electron chi connectivity index (χ4n) is 1.53. The molecule has 0 radical (unpaired) electrons. The van der Waals surface area contributed by atoms with Crippen molar-refractivity contribution in [2.45, 2.75) is 0 Å². The molecule has 1 aromatic carbocycles. The summed E-state index contributed by atoms with van der Waals surface area (Å²) >= 11 is 0. The smallest absolute Gasteiger partial charge is 0.338 e. The largest absolute Gasteiger partial charge is 0.478 e. The molecule has 15 heavy (non-hydrogen) atoms. The van der Waals surface area contributed by atoms with E-state index in [1.165, 1.54) is 30.2 Å². The normalized spacial score (nSPS) is 10.5. The maximum absolute atomic E-state index is 13.4. The Bertz CT molecular complexity index is 533. The Hall–Kier alpha value is -2.04. The second-order valence-electron chi connectivity index (χ2n) is 2.99. The summed E-state index contributed by atoms with van der Waals surface area (Å²) in [5, 5.41) is 8.94. The number of aromatic carboxylic acids is 1. The van der Waals surface area contributed by atoms with Crippen molar-refractivity contribution in [2.24, 2.45) is 0 Å². The number of rotatable bonds is 2. The van der Waals surface area contributed by atoms with Crippen LogP contribution in [0.1, 0.15) is 10.4 Å². The highest BCUT2D eigenvalue weighted by molar-refractivity contribution is 6.03. The highest BCUT2D eigenvalue weighted by Crippen LogP contribution is 2.23. The lowest BCUT2D eigenvalue weighted by Crippen LogP contribution is -2.03. The van der Waals surface area contributed by atoms with Gasteiger partial charge < -0.3 is 9.94 Å². The van der Waals surface area contributed by atoms with Crippen LogP contribution in [0.5, 0.6) is 0 Å². The molecule has 0 bridgehead atoms. The molecule has 1 heterocycles. The summed E-state index contributed by atoms with van der Waals surface area (Å²) in [6.45, 7) is 0. The number of aromatic nitrogens is 1. The van der Waals surface area contributed by atoms with Crippen LogP contribution in [0.2, 0.25) is 0 Å². The fourth-order valence-corrected chi connectivity index (χ4v) is 1.53. The van der Waals surface area contributed by atoms with Crippen LogP contribution >= 0.6 is 0 Å². The van der Waals surface area contributed by atoms with E-state index in [2.05, 4.69) is 0 Å². The van der Waals surface area contributed by atoms with Crippen molar-refractivity contribution in [3.05, 3.63) is 35.8 Å². The molecule has 0 amide bonds. The summed E-state index contributed by atoms with van der Waals surface area (Å²) in [5.41, 5.74) is 0.292. The molecule has 1 aromatic heterocycles. The van der Waals surface area contributed by atoms with Crippen molar-refractivity contribution in [1.82, 2.24) is 4.73 Å². The number of halogens is 1. The third-order valence-electron chi connectivity index (χ3n) is 2.17. The number of carbonyl (C=O) groups is 1. The number of carboxylic acids is 1. The molecule has 1 N–H and O–H groups in total. The second kappa shape index (κ2) is 3.27. The summed E-state index contributed by atoms with van der Waals surface area (Å²) in [6.07, 6.45) is 1.25. The predicted molar refractivity (Wildman–Crippen MR) is 51.4 cm³/mol. The molecule has 0 spiro atoms. The number of fused-ring (bicyclic) bond motifs is 1. The highest BCUT2D eigenvalue weighted by atomic mass is 19.1. The van der Waals surface area contributed by atoms with Crippen LogP contribution in [0, 0.1) is 5.82 Å². The van der Waals surface area contributed by atoms with E-state index in [0.29, 0.717) is 5.52 Å². The van der Waals surface area contributed by atoms with Gasteiger partial charge in [0.2, 0.25) is 0 Å². The minimum atomic E-state index is -1.18. The van der Waals surface area contributed by atoms with Crippen molar-refractivity contribution < 1.29 is 19.1 Å². The number of nitrogens with zero attached hydrogens (tertiary/aromatic N) is 1. The van der Waals surface area contributed by atoms with Gasteiger partial charge in [-0.1, -0.05) is 6.07 Å². The van der Waals surface area contributed by atoms with Gasteiger partial charge in [0, 0.05) is 0 Å². The number of carboxylic acid groups (broad SMARTS) is 1. The van der Waals surface area contributed by atoms with E-state index < -0.39 is 11.8 Å². The molecule has 0 saturated heterocycles. The van der Waals surface area contributed by atoms with Gasteiger partial charge in [-0.15, -0.1) is 0 Å². The van der Waals surface area contributed by atoms with Crippen molar-refractivity contribution in [3.63, 3.8) is 0 Å². The van der Waals surface area contributed by atoms with Crippen LogP contribution in [0.25, 0.3) is 10.9 Å². The van der Waals surface area contributed by atoms with Gasteiger partial charge in [0.1, 0.15) is 12.9 Å². The predicted octanol–water partition coefficient (Wildman–Crippen LogP) is 1.54. The van der Waals surface area contributed by atoms with Crippen molar-refractivity contribution in [3.8, 4) is 0 Å². The average Bonchev–Trinajstić information content (AvgIpc) is 2.58. The fraction of sp³-hybridized carbons (Fsp3) is 0.100. The summed E-state index contributed by atoms with van der Waals surface area (Å²) < 4.78 is 14.6. The topological polar surface area (TPSA) is 51.5 Å². The molecule has 0 aliphatic rings. The first-order chi connectivity index (χ1) is 7.15. The number of benzene rings is 1. The zero-order valence-corrected chi connectivity index (χ0v) is 7.90. The Balaban J connectivity index is 2.88. The SMILES string of the molecule is COn1cc(C(=O)O)c2c(F)cccc21. The Kier molecular flexibility index (Phi) is 2.07. The first kappa shape index (κ1) is 9.51. The zero-order chi connectivity index (χ0) is 11.0. The lowest BCUT2D eigenvalue weighted by atomic mass is 10.2. The van der Waals surface area contributed by atoms with Crippen molar-refractivity contribution >= 4 is 16.9 Å². The minimum absolute atomic E-state index is 0.0619. The number of hydrogen-bond donors (Lipinski definition) is 1. The van der Waals surface area contributed by atoms with Crippen LogP contribution in [0.4, 0.5) is 4.39 Å². The van der Waals surface area contributed by atoms with Gasteiger partial charge in [-0.3, -0.25) is 0 Å². The van der Waals surface area contributed by atoms with E-state index in [1.54, 1.807) is 6.07 Å². The van der Waals surface area contributed by atoms with Gasteiger partial charge in [-0.05, 0) is 12.1 Å². The summed E-state index contributed by atoms with van der Waals surface area (Å²) in [6, 6.07) is 4.31. The molecule has 5 heteroatoms. The standard InChI is InChI=1S/C10H8FNO3/c1-15-12-5-6(10(13)14)9-7(11)3-2-4-8(9)12/h2-5H,1H3,(H,13,14). The molecule has 0 saturated carbocycles. The summed E-state index contributed by atoms with van der Waals surface area (Å²) in [7, 11) is 1.38. The number of hydrogen-bond acceptors (Lipinski definition) is 2. The molecular weight excluding hydrogens is 201 g/mol. The Labute approximate surface area is 84.5 Å². The molecule has 4 nitrogen and oxygen atoms in total. The van der Waals surface area contributed by atoms with E-state index in [9.17, 15) is 9.18 Å². The molecule has 0 aliphatic carbocycles. The lowest BCUT2D eigenvalue weighted by molar-refractivity contribution is 0.0696. The van der Waals surface area contributed by atoms with Crippen LogP contribution in [-0.4, -0.2) is 22.9 Å². The van der Waals surface area contributed by atoms with Gasteiger partial charge in [0.25, 0.3) is 0 Å². The summed E-state index contributed by atoms with van der Waals surface area (Å²) in [5.74, 6) is -1.75. The van der Waals surface area contributed by atoms with E-state index in [-0.39, 0.29) is 10.9 Å². The molecule has 0 unspecified atom stereocenters. The molecule has 0 atom stereocenters. The van der Waals surface area contributed by atoms with Gasteiger partial charge in [0.05, 0.1) is 22.7 Å². The monoisotopic (exact) mass is 209 g/mol. The lowest BCUT2D eigenvalue weighted by Gasteiger charge is -2.00. The van der Waals surface area contributed by atoms with Crippen molar-refractivity contribution in [2.75, 3.05) is 7.11 Å². The minimum Gasteiger partial charge on any atom is -0.478 e. The van der Waals surface area contributed by atoms with E-state index in [4.69, 9.17) is 9.94 Å². The molecule has 2 aromatic rings. The highest BCUT2D eigenvalue weighted by Gasteiger charge is 2.17. The van der Waals surface area contributed by atoms with E-state index in [0.717, 1.165) is 0 Å². The van der Waals surface area contributed by atoms with E-state index in [1.807, 2.05) is 0 Å².